The van der Waals surface area contributed by atoms with Gasteiger partial charge in [-0.1, -0.05) is 0 Å². The Morgan fingerprint density at radius 2 is 1.87 bits per heavy atom. The molecule has 1 rings (SSSR count). The van der Waals surface area contributed by atoms with Gasteiger partial charge in [0, 0.05) is 38.5 Å². The summed E-state index contributed by atoms with van der Waals surface area (Å²) in [7, 11) is 2.01. The van der Waals surface area contributed by atoms with E-state index in [1.54, 1.807) is 4.90 Å². The minimum Gasteiger partial charge on any atom is -0.322 e. The lowest BCUT2D eigenvalue weighted by atomic mass is 10.3. The van der Waals surface area contributed by atoms with Crippen LogP contribution in [0.2, 0.25) is 0 Å². The van der Waals surface area contributed by atoms with Crippen molar-refractivity contribution in [2.75, 3.05) is 39.1 Å². The number of piperazine rings is 1. The molecule has 1 saturated heterocycles. The second kappa shape index (κ2) is 5.92. The second-order valence-corrected chi connectivity index (χ2v) is 3.96. The van der Waals surface area contributed by atoms with E-state index in [9.17, 15) is 9.59 Å². The molecule has 0 aromatic carbocycles. The lowest BCUT2D eigenvalue weighted by molar-refractivity contribution is -0.119. The molecule has 0 aromatic heterocycles. The van der Waals surface area contributed by atoms with Crippen LogP contribution in [0.1, 0.15) is 6.42 Å². The molecule has 0 spiro atoms. The molecule has 1 fully saturated rings. The first-order chi connectivity index (χ1) is 7.13. The Morgan fingerprint density at radius 3 is 2.40 bits per heavy atom. The summed E-state index contributed by atoms with van der Waals surface area (Å²) in [6, 6.07) is -0.307. The molecule has 0 unspecified atom stereocenters. The van der Waals surface area contributed by atoms with Gasteiger partial charge in [0.2, 0.25) is 5.91 Å². The highest BCUT2D eigenvalue weighted by Crippen LogP contribution is 1.99. The molecule has 1 heterocycles. The van der Waals surface area contributed by atoms with Crippen LogP contribution in [-0.2, 0) is 4.79 Å². The van der Waals surface area contributed by atoms with Crippen molar-refractivity contribution >= 4 is 23.5 Å². The summed E-state index contributed by atoms with van der Waals surface area (Å²) in [5.74, 6) is -0.0732. The normalized spacial score (nSPS) is 17.6. The first-order valence-corrected chi connectivity index (χ1v) is 5.50. The van der Waals surface area contributed by atoms with Gasteiger partial charge in [-0.05, 0) is 7.05 Å². The van der Waals surface area contributed by atoms with E-state index in [4.69, 9.17) is 11.6 Å². The highest BCUT2D eigenvalue weighted by molar-refractivity contribution is 6.19. The topological polar surface area (TPSA) is 52.6 Å². The third-order valence-corrected chi connectivity index (χ3v) is 2.55. The van der Waals surface area contributed by atoms with Crippen LogP contribution >= 0.6 is 11.6 Å². The van der Waals surface area contributed by atoms with Crippen LogP contribution in [0.25, 0.3) is 0 Å². The number of carbonyl (C=O) groups is 2. The molecular weight excluding hydrogens is 218 g/mol. The van der Waals surface area contributed by atoms with Gasteiger partial charge >= 0.3 is 6.03 Å². The van der Waals surface area contributed by atoms with Gasteiger partial charge in [0.05, 0.1) is 0 Å². The minimum atomic E-state index is -0.311. The summed E-state index contributed by atoms with van der Waals surface area (Å²) in [5, 5.41) is 2.31. The quantitative estimate of drug-likeness (QED) is 0.689. The number of alkyl halides is 1. The van der Waals surface area contributed by atoms with E-state index < -0.39 is 0 Å². The number of imide groups is 1. The summed E-state index contributed by atoms with van der Waals surface area (Å²) in [6.07, 6.45) is 0.182. The number of nitrogens with one attached hydrogen (secondary N) is 1. The summed E-state index contributed by atoms with van der Waals surface area (Å²) in [4.78, 5) is 26.4. The molecule has 0 saturated carbocycles. The highest BCUT2D eigenvalue weighted by Gasteiger charge is 2.19. The van der Waals surface area contributed by atoms with E-state index in [0.29, 0.717) is 13.1 Å². The molecule has 0 atom stereocenters. The van der Waals surface area contributed by atoms with Gasteiger partial charge in [-0.25, -0.2) is 4.79 Å². The molecule has 6 heteroatoms. The lowest BCUT2D eigenvalue weighted by Gasteiger charge is -2.32. The number of hydrogen-bond donors (Lipinski definition) is 1. The molecule has 0 bridgehead atoms. The van der Waals surface area contributed by atoms with Crippen molar-refractivity contribution in [1.29, 1.82) is 0 Å². The molecule has 3 amide bonds. The molecule has 0 aromatic rings. The Kier molecular flexibility index (Phi) is 4.84. The number of likely N-dealkylation sites (N-methyl/N-ethyl adjacent to an activating group) is 1. The predicted octanol–water partition coefficient (Wildman–Crippen LogP) is 0.0989. The molecule has 1 aliphatic heterocycles. The van der Waals surface area contributed by atoms with Crippen LogP contribution in [0.3, 0.4) is 0 Å². The zero-order chi connectivity index (χ0) is 11.3. The van der Waals surface area contributed by atoms with E-state index in [0.717, 1.165) is 13.1 Å². The van der Waals surface area contributed by atoms with Crippen molar-refractivity contribution in [2.45, 2.75) is 6.42 Å². The molecule has 5 nitrogen and oxygen atoms in total. The van der Waals surface area contributed by atoms with Gasteiger partial charge in [-0.2, -0.15) is 0 Å². The zero-order valence-corrected chi connectivity index (χ0v) is 9.59. The first kappa shape index (κ1) is 12.3. The maximum absolute atomic E-state index is 11.5. The fourth-order valence-electron chi connectivity index (χ4n) is 1.36. The van der Waals surface area contributed by atoms with Crippen molar-refractivity contribution in [3.63, 3.8) is 0 Å². The lowest BCUT2D eigenvalue weighted by Crippen LogP contribution is -2.51. The van der Waals surface area contributed by atoms with E-state index in [1.807, 2.05) is 7.05 Å². The molecule has 1 N–H and O–H groups in total. The number of amides is 3. The van der Waals surface area contributed by atoms with Gasteiger partial charge in [0.25, 0.3) is 0 Å². The third-order valence-electron chi connectivity index (χ3n) is 2.36. The van der Waals surface area contributed by atoms with Crippen LogP contribution < -0.4 is 5.32 Å². The summed E-state index contributed by atoms with van der Waals surface area (Å²) in [5.41, 5.74) is 0. The molecular formula is C9H16ClN3O2. The summed E-state index contributed by atoms with van der Waals surface area (Å²) >= 11 is 5.39. The van der Waals surface area contributed by atoms with E-state index >= 15 is 0 Å². The average molecular weight is 234 g/mol. The van der Waals surface area contributed by atoms with Crippen molar-refractivity contribution in [1.82, 2.24) is 15.1 Å². The SMILES string of the molecule is CN1CCN(C(=O)NC(=O)CCCl)CC1. The smallest absolute Gasteiger partial charge is 0.322 e. The van der Waals surface area contributed by atoms with Crippen LogP contribution in [0.15, 0.2) is 0 Å². The van der Waals surface area contributed by atoms with E-state index in [2.05, 4.69) is 10.2 Å². The van der Waals surface area contributed by atoms with Crippen molar-refractivity contribution in [3.05, 3.63) is 0 Å². The van der Waals surface area contributed by atoms with Crippen LogP contribution in [0.5, 0.6) is 0 Å². The third kappa shape index (κ3) is 4.05. The Labute approximate surface area is 94.3 Å². The van der Waals surface area contributed by atoms with Gasteiger partial charge in [0.1, 0.15) is 0 Å². The molecule has 86 valence electrons. The Morgan fingerprint density at radius 1 is 1.27 bits per heavy atom. The fraction of sp³-hybridized carbons (Fsp3) is 0.778. The number of nitrogens with zero attached hydrogens (tertiary/aromatic N) is 2. The number of rotatable bonds is 2. The zero-order valence-electron chi connectivity index (χ0n) is 8.83. The number of halogens is 1. The standard InChI is InChI=1S/C9H16ClN3O2/c1-12-4-6-13(7-5-12)9(15)11-8(14)2-3-10/h2-7H2,1H3,(H,11,14,15). The minimum absolute atomic E-state index is 0.182. The maximum Gasteiger partial charge on any atom is 0.324 e. The highest BCUT2D eigenvalue weighted by atomic mass is 35.5. The van der Waals surface area contributed by atoms with Gasteiger partial charge < -0.3 is 9.80 Å². The average Bonchev–Trinajstić information content (AvgIpc) is 2.18. The Hall–Kier alpha value is -0.810. The Balaban J connectivity index is 2.31. The number of carbonyl (C=O) groups excluding carboxylic acids is 2. The summed E-state index contributed by atoms with van der Waals surface area (Å²) < 4.78 is 0. The first-order valence-electron chi connectivity index (χ1n) is 4.96. The van der Waals surface area contributed by atoms with Crippen molar-refractivity contribution in [2.24, 2.45) is 0 Å². The number of hydrogen-bond acceptors (Lipinski definition) is 3. The summed E-state index contributed by atoms with van der Waals surface area (Å²) in [6.45, 7) is 3.02. The van der Waals surface area contributed by atoms with Gasteiger partial charge in [-0.3, -0.25) is 10.1 Å². The van der Waals surface area contributed by atoms with Crippen molar-refractivity contribution in [3.8, 4) is 0 Å². The van der Waals surface area contributed by atoms with Crippen molar-refractivity contribution < 1.29 is 9.59 Å². The van der Waals surface area contributed by atoms with Crippen LogP contribution in [0.4, 0.5) is 4.79 Å². The number of urea groups is 1. The molecule has 0 radical (unpaired) electrons. The maximum atomic E-state index is 11.5. The molecule has 0 aliphatic carbocycles. The predicted molar refractivity (Wildman–Crippen MR) is 57.9 cm³/mol. The second-order valence-electron chi connectivity index (χ2n) is 3.58. The van der Waals surface area contributed by atoms with E-state index in [-0.39, 0.29) is 24.2 Å². The molecule has 1 aliphatic rings. The fourth-order valence-corrected chi connectivity index (χ4v) is 1.53. The van der Waals surface area contributed by atoms with Gasteiger partial charge in [-0.15, -0.1) is 11.6 Å². The Bertz CT molecular complexity index is 240. The van der Waals surface area contributed by atoms with Crippen LogP contribution in [0, 0.1) is 0 Å². The van der Waals surface area contributed by atoms with E-state index in [1.165, 1.54) is 0 Å². The van der Waals surface area contributed by atoms with Gasteiger partial charge in [0.15, 0.2) is 0 Å². The monoisotopic (exact) mass is 233 g/mol. The van der Waals surface area contributed by atoms with Crippen LogP contribution in [-0.4, -0.2) is 60.8 Å². The largest absolute Gasteiger partial charge is 0.324 e. The molecule has 15 heavy (non-hydrogen) atoms.